The van der Waals surface area contributed by atoms with Crippen molar-refractivity contribution in [2.45, 2.75) is 26.7 Å². The molecule has 4 aromatic rings. The molecule has 1 aliphatic rings. The van der Waals surface area contributed by atoms with Crippen molar-refractivity contribution in [3.05, 3.63) is 60.0 Å². The second kappa shape index (κ2) is 8.72. The number of hydrogen-bond donors (Lipinski definition) is 2. The number of benzene rings is 1. The summed E-state index contributed by atoms with van der Waals surface area (Å²) in [4.78, 5) is 11.7. The van der Waals surface area contributed by atoms with E-state index in [9.17, 15) is 10.4 Å². The molecule has 1 fully saturated rings. The molecule has 1 atom stereocenters. The van der Waals surface area contributed by atoms with Crippen LogP contribution in [0, 0.1) is 23.7 Å². The van der Waals surface area contributed by atoms with Gasteiger partial charge in [-0.1, -0.05) is 6.07 Å². The predicted molar refractivity (Wildman–Crippen MR) is 130 cm³/mol. The monoisotopic (exact) mass is 454 g/mol. The molecular weight excluding hydrogens is 428 g/mol. The standard InChI is InChI=1S/C25H26N8O/c1-17-3-7-22(31-30-17)28-19-5-6-21-20(13-19)27-16-33(21)23-8-4-18(9-12-34)24(29-23)32-11-10-25(2,14-26)15-32/h3-8,13,16,34H,9-12,15H2,1-2H3,(H,28,31). The molecule has 1 aromatic carbocycles. The van der Waals surface area contributed by atoms with E-state index in [1.54, 1.807) is 6.33 Å². The molecule has 9 nitrogen and oxygen atoms in total. The van der Waals surface area contributed by atoms with Gasteiger partial charge in [0.05, 0.1) is 28.2 Å². The lowest BCUT2D eigenvalue weighted by Crippen LogP contribution is -2.26. The number of imidazole rings is 1. The minimum atomic E-state index is -0.388. The summed E-state index contributed by atoms with van der Waals surface area (Å²) in [5.41, 5.74) is 4.08. The average Bonchev–Trinajstić information content (AvgIpc) is 3.45. The molecule has 3 aromatic heterocycles. The van der Waals surface area contributed by atoms with Crippen LogP contribution >= 0.6 is 0 Å². The second-order valence-corrected chi connectivity index (χ2v) is 8.97. The van der Waals surface area contributed by atoms with Gasteiger partial charge in [0.25, 0.3) is 0 Å². The molecule has 0 bridgehead atoms. The highest BCUT2D eigenvalue weighted by molar-refractivity contribution is 5.82. The third kappa shape index (κ3) is 4.16. The van der Waals surface area contributed by atoms with Gasteiger partial charge in [-0.15, -0.1) is 5.10 Å². The van der Waals surface area contributed by atoms with Crippen molar-refractivity contribution in [2.24, 2.45) is 5.41 Å². The Bertz CT molecular complexity index is 1370. The summed E-state index contributed by atoms with van der Waals surface area (Å²) in [6.07, 6.45) is 3.08. The lowest BCUT2D eigenvalue weighted by Gasteiger charge is -2.22. The van der Waals surface area contributed by atoms with E-state index in [0.29, 0.717) is 18.8 Å². The zero-order chi connectivity index (χ0) is 23.7. The summed E-state index contributed by atoms with van der Waals surface area (Å²) < 4.78 is 1.95. The summed E-state index contributed by atoms with van der Waals surface area (Å²) >= 11 is 0. The molecule has 1 saturated heterocycles. The van der Waals surface area contributed by atoms with Crippen LogP contribution in [-0.2, 0) is 6.42 Å². The van der Waals surface area contributed by atoms with E-state index >= 15 is 0 Å². The van der Waals surface area contributed by atoms with Crippen molar-refractivity contribution in [1.82, 2.24) is 24.7 Å². The highest BCUT2D eigenvalue weighted by Gasteiger charge is 2.35. The molecule has 172 valence electrons. The van der Waals surface area contributed by atoms with Crippen molar-refractivity contribution in [3.8, 4) is 11.9 Å². The molecule has 0 saturated carbocycles. The number of rotatable bonds is 6. The molecular formula is C25H26N8O. The Morgan fingerprint density at radius 2 is 2.06 bits per heavy atom. The predicted octanol–water partition coefficient (Wildman–Crippen LogP) is 3.54. The summed E-state index contributed by atoms with van der Waals surface area (Å²) in [7, 11) is 0. The number of nitriles is 1. The molecule has 0 spiro atoms. The van der Waals surface area contributed by atoms with Crippen LogP contribution in [-0.4, -0.2) is 49.5 Å². The molecule has 0 radical (unpaired) electrons. The van der Waals surface area contributed by atoms with Crippen molar-refractivity contribution < 1.29 is 5.11 Å². The van der Waals surface area contributed by atoms with Crippen molar-refractivity contribution >= 4 is 28.4 Å². The number of anilines is 3. The van der Waals surface area contributed by atoms with Gasteiger partial charge in [0.2, 0.25) is 0 Å². The first kappa shape index (κ1) is 21.8. The van der Waals surface area contributed by atoms with E-state index in [1.165, 1.54) is 0 Å². The lowest BCUT2D eigenvalue weighted by atomic mass is 9.92. The van der Waals surface area contributed by atoms with Gasteiger partial charge >= 0.3 is 0 Å². The zero-order valence-corrected chi connectivity index (χ0v) is 19.2. The van der Waals surface area contributed by atoms with Crippen molar-refractivity contribution in [1.29, 1.82) is 5.26 Å². The van der Waals surface area contributed by atoms with Gasteiger partial charge in [-0.2, -0.15) is 10.4 Å². The number of aliphatic hydroxyl groups is 1. The molecule has 0 amide bonds. The molecule has 0 aliphatic carbocycles. The molecule has 34 heavy (non-hydrogen) atoms. The van der Waals surface area contributed by atoms with Crippen LogP contribution in [0.15, 0.2) is 48.8 Å². The van der Waals surface area contributed by atoms with Gasteiger partial charge in [0.15, 0.2) is 5.82 Å². The maximum Gasteiger partial charge on any atom is 0.153 e. The number of pyridine rings is 1. The summed E-state index contributed by atoms with van der Waals surface area (Å²) in [5, 5.41) is 30.6. The minimum Gasteiger partial charge on any atom is -0.396 e. The highest BCUT2D eigenvalue weighted by atomic mass is 16.3. The van der Waals surface area contributed by atoms with E-state index in [1.807, 2.05) is 60.9 Å². The summed E-state index contributed by atoms with van der Waals surface area (Å²) in [6.45, 7) is 5.32. The van der Waals surface area contributed by atoms with E-state index < -0.39 is 0 Å². The van der Waals surface area contributed by atoms with E-state index in [-0.39, 0.29) is 12.0 Å². The molecule has 4 heterocycles. The van der Waals surface area contributed by atoms with E-state index in [0.717, 1.165) is 52.6 Å². The average molecular weight is 455 g/mol. The smallest absolute Gasteiger partial charge is 0.153 e. The number of hydrogen-bond acceptors (Lipinski definition) is 8. The van der Waals surface area contributed by atoms with E-state index in [4.69, 9.17) is 4.98 Å². The summed E-state index contributed by atoms with van der Waals surface area (Å²) in [6, 6.07) is 16.1. The van der Waals surface area contributed by atoms with Crippen LogP contribution in [0.4, 0.5) is 17.3 Å². The third-order valence-electron chi connectivity index (χ3n) is 6.23. The largest absolute Gasteiger partial charge is 0.396 e. The number of aryl methyl sites for hydroxylation is 1. The Morgan fingerprint density at radius 3 is 2.79 bits per heavy atom. The lowest BCUT2D eigenvalue weighted by molar-refractivity contribution is 0.299. The molecule has 5 rings (SSSR count). The number of nitrogens with zero attached hydrogens (tertiary/aromatic N) is 7. The highest BCUT2D eigenvalue weighted by Crippen LogP contribution is 2.34. The van der Waals surface area contributed by atoms with Gasteiger partial charge in [-0.3, -0.25) is 4.57 Å². The second-order valence-electron chi connectivity index (χ2n) is 8.97. The van der Waals surface area contributed by atoms with Crippen LogP contribution in [0.2, 0.25) is 0 Å². The maximum absolute atomic E-state index is 9.55. The Kier molecular flexibility index (Phi) is 5.59. The van der Waals surface area contributed by atoms with Gasteiger partial charge in [-0.05, 0) is 68.7 Å². The fourth-order valence-corrected chi connectivity index (χ4v) is 4.31. The van der Waals surface area contributed by atoms with E-state index in [2.05, 4.69) is 31.5 Å². The van der Waals surface area contributed by atoms with Crippen molar-refractivity contribution in [2.75, 3.05) is 29.9 Å². The van der Waals surface area contributed by atoms with Gasteiger partial charge < -0.3 is 15.3 Å². The summed E-state index contributed by atoms with van der Waals surface area (Å²) in [5.74, 6) is 2.24. The van der Waals surface area contributed by atoms with Crippen LogP contribution in [0.25, 0.3) is 16.9 Å². The molecule has 2 N–H and O–H groups in total. The fourth-order valence-electron chi connectivity index (χ4n) is 4.31. The maximum atomic E-state index is 9.55. The van der Waals surface area contributed by atoms with Gasteiger partial charge in [0, 0.05) is 25.4 Å². The number of aromatic nitrogens is 5. The number of fused-ring (bicyclic) bond motifs is 1. The zero-order valence-electron chi connectivity index (χ0n) is 19.2. The number of nitrogens with one attached hydrogen (secondary N) is 1. The van der Waals surface area contributed by atoms with Gasteiger partial charge in [-0.25, -0.2) is 9.97 Å². The minimum absolute atomic E-state index is 0.0481. The quantitative estimate of drug-likeness (QED) is 0.455. The van der Waals surface area contributed by atoms with Crippen LogP contribution < -0.4 is 10.2 Å². The Morgan fingerprint density at radius 1 is 1.18 bits per heavy atom. The first-order chi connectivity index (χ1) is 16.5. The molecule has 1 aliphatic heterocycles. The molecule has 9 heteroatoms. The van der Waals surface area contributed by atoms with Crippen molar-refractivity contribution in [3.63, 3.8) is 0 Å². The third-order valence-corrected chi connectivity index (χ3v) is 6.23. The van der Waals surface area contributed by atoms with Crippen LogP contribution in [0.5, 0.6) is 0 Å². The Balaban J connectivity index is 1.47. The van der Waals surface area contributed by atoms with Crippen LogP contribution in [0.1, 0.15) is 24.6 Å². The Labute approximate surface area is 197 Å². The SMILES string of the molecule is Cc1ccc(Nc2ccc3c(c2)ncn3-c2ccc(CCO)c(N3CCC(C)(C#N)C3)n2)nn1. The first-order valence-corrected chi connectivity index (χ1v) is 11.3. The fraction of sp³-hybridized carbons (Fsp3) is 0.320. The molecule has 1 unspecified atom stereocenters. The van der Waals surface area contributed by atoms with Gasteiger partial charge in [0.1, 0.15) is 18.0 Å². The van der Waals surface area contributed by atoms with Crippen LogP contribution in [0.3, 0.4) is 0 Å². The first-order valence-electron chi connectivity index (χ1n) is 11.3. The Hall–Kier alpha value is -4.03. The number of aliphatic hydroxyl groups excluding tert-OH is 1. The normalized spacial score (nSPS) is 17.8. The topological polar surface area (TPSA) is 116 Å².